The van der Waals surface area contributed by atoms with Crippen LogP contribution in [0.2, 0.25) is 0 Å². The molecule has 140 valence electrons. The number of thioether (sulfide) groups is 1. The van der Waals surface area contributed by atoms with E-state index in [2.05, 4.69) is 10.2 Å². The first-order valence-electron chi connectivity index (χ1n) is 8.31. The van der Waals surface area contributed by atoms with Crippen molar-refractivity contribution in [2.24, 2.45) is 0 Å². The van der Waals surface area contributed by atoms with Gasteiger partial charge in [-0.25, -0.2) is 0 Å². The Morgan fingerprint density at radius 3 is 2.52 bits per heavy atom. The molecule has 1 aromatic heterocycles. The maximum absolute atomic E-state index is 12.4. The molecule has 0 aliphatic rings. The topological polar surface area (TPSA) is 74.5 Å². The molecule has 0 bridgehead atoms. The fraction of sp³-hybridized carbons (Fsp3) is 0.250. The molecule has 0 atom stereocenters. The van der Waals surface area contributed by atoms with Crippen LogP contribution in [0.3, 0.4) is 0 Å². The van der Waals surface area contributed by atoms with Gasteiger partial charge in [0, 0.05) is 11.1 Å². The summed E-state index contributed by atoms with van der Waals surface area (Å²) in [6, 6.07) is 11.1. The number of aryl methyl sites for hydroxylation is 2. The minimum Gasteiger partial charge on any atom is -0.493 e. The quantitative estimate of drug-likeness (QED) is 0.443. The van der Waals surface area contributed by atoms with Gasteiger partial charge in [0.2, 0.25) is 5.89 Å². The molecule has 0 aliphatic carbocycles. The summed E-state index contributed by atoms with van der Waals surface area (Å²) in [4.78, 5) is 12.4. The Labute approximate surface area is 161 Å². The van der Waals surface area contributed by atoms with Gasteiger partial charge in [0.05, 0.1) is 20.0 Å². The van der Waals surface area contributed by atoms with Crippen LogP contribution < -0.4 is 9.47 Å². The molecule has 3 aromatic rings. The predicted molar refractivity (Wildman–Crippen MR) is 104 cm³/mol. The molecule has 0 aliphatic heterocycles. The number of hydrogen-bond acceptors (Lipinski definition) is 7. The molecule has 0 radical (unpaired) electrons. The van der Waals surface area contributed by atoms with E-state index in [9.17, 15) is 4.79 Å². The Morgan fingerprint density at radius 2 is 1.81 bits per heavy atom. The fourth-order valence-corrected chi connectivity index (χ4v) is 3.33. The summed E-state index contributed by atoms with van der Waals surface area (Å²) in [6.07, 6.45) is 0. The van der Waals surface area contributed by atoms with Crippen LogP contribution in [-0.2, 0) is 0 Å². The number of Topliss-reactive ketones (excluding diaryl/α,β-unsaturated/α-hetero) is 1. The molecule has 6 nitrogen and oxygen atoms in total. The summed E-state index contributed by atoms with van der Waals surface area (Å²) in [6.45, 7) is 3.94. The monoisotopic (exact) mass is 384 g/mol. The van der Waals surface area contributed by atoms with Crippen LogP contribution in [0.25, 0.3) is 11.5 Å². The van der Waals surface area contributed by atoms with Crippen LogP contribution >= 0.6 is 11.8 Å². The lowest BCUT2D eigenvalue weighted by Crippen LogP contribution is -2.04. The van der Waals surface area contributed by atoms with Crippen molar-refractivity contribution in [3.05, 3.63) is 53.1 Å². The molecule has 0 saturated carbocycles. The lowest BCUT2D eigenvalue weighted by atomic mass is 10.0. The fourth-order valence-electron chi connectivity index (χ4n) is 2.69. The van der Waals surface area contributed by atoms with Crippen LogP contribution in [0.5, 0.6) is 11.5 Å². The maximum Gasteiger partial charge on any atom is 0.277 e. The van der Waals surface area contributed by atoms with E-state index in [0.717, 1.165) is 11.1 Å². The van der Waals surface area contributed by atoms with Gasteiger partial charge in [0.1, 0.15) is 0 Å². The second-order valence-corrected chi connectivity index (χ2v) is 6.90. The first kappa shape index (κ1) is 19.0. The second kappa shape index (κ2) is 8.26. The SMILES string of the molecule is COc1ccc(-c2nnc(SCC(=O)c3ccc(C)cc3C)o2)cc1OC. The smallest absolute Gasteiger partial charge is 0.277 e. The van der Waals surface area contributed by atoms with E-state index in [1.165, 1.54) is 11.8 Å². The van der Waals surface area contributed by atoms with Crippen molar-refractivity contribution < 1.29 is 18.7 Å². The standard InChI is InChI=1S/C20H20N2O4S/c1-12-5-7-15(13(2)9-12)16(23)11-27-20-22-21-19(26-20)14-6-8-17(24-3)18(10-14)25-4/h5-10H,11H2,1-4H3. The number of hydrogen-bond donors (Lipinski definition) is 0. The summed E-state index contributed by atoms with van der Waals surface area (Å²) >= 11 is 1.22. The predicted octanol–water partition coefficient (Wildman–Crippen LogP) is 4.35. The minimum absolute atomic E-state index is 0.0309. The van der Waals surface area contributed by atoms with Gasteiger partial charge in [-0.1, -0.05) is 35.5 Å². The zero-order valence-electron chi connectivity index (χ0n) is 15.6. The molecule has 1 heterocycles. The summed E-state index contributed by atoms with van der Waals surface area (Å²) in [5.74, 6) is 1.82. The van der Waals surface area contributed by atoms with Crippen LogP contribution in [0.4, 0.5) is 0 Å². The van der Waals surface area contributed by atoms with Crippen LogP contribution in [-0.4, -0.2) is 36.0 Å². The third-order valence-electron chi connectivity index (χ3n) is 4.05. The molecule has 2 aromatic carbocycles. The molecule has 3 rings (SSSR count). The highest BCUT2D eigenvalue weighted by Gasteiger charge is 2.15. The van der Waals surface area contributed by atoms with Crippen molar-refractivity contribution >= 4 is 17.5 Å². The number of ether oxygens (including phenoxy) is 2. The number of carbonyl (C=O) groups excluding carboxylic acids is 1. The third kappa shape index (κ3) is 4.31. The number of carbonyl (C=O) groups is 1. The lowest BCUT2D eigenvalue weighted by molar-refractivity contribution is 0.102. The van der Waals surface area contributed by atoms with Crippen molar-refractivity contribution in [1.29, 1.82) is 0 Å². The van der Waals surface area contributed by atoms with Crippen molar-refractivity contribution in [3.8, 4) is 23.0 Å². The molecule has 0 saturated heterocycles. The molecule has 27 heavy (non-hydrogen) atoms. The molecule has 0 unspecified atom stereocenters. The van der Waals surface area contributed by atoms with E-state index >= 15 is 0 Å². The van der Waals surface area contributed by atoms with Gasteiger partial charge >= 0.3 is 0 Å². The normalized spacial score (nSPS) is 10.7. The largest absolute Gasteiger partial charge is 0.493 e. The number of benzene rings is 2. The molecule has 7 heteroatoms. The van der Waals surface area contributed by atoms with Gasteiger partial charge < -0.3 is 13.9 Å². The zero-order chi connectivity index (χ0) is 19.4. The Hall–Kier alpha value is -2.80. The molecule has 0 amide bonds. The molecular formula is C20H20N2O4S. The van der Waals surface area contributed by atoms with Gasteiger partial charge in [-0.15, -0.1) is 10.2 Å². The van der Waals surface area contributed by atoms with E-state index in [1.807, 2.05) is 38.1 Å². The Balaban J connectivity index is 1.70. The van der Waals surface area contributed by atoms with Crippen molar-refractivity contribution in [3.63, 3.8) is 0 Å². The van der Waals surface area contributed by atoms with Gasteiger partial charge in [0.15, 0.2) is 17.3 Å². The number of ketones is 1. The van der Waals surface area contributed by atoms with E-state index in [-0.39, 0.29) is 11.5 Å². The minimum atomic E-state index is 0.0309. The van der Waals surface area contributed by atoms with Gasteiger partial charge in [-0.3, -0.25) is 4.79 Å². The molecule has 0 spiro atoms. The van der Waals surface area contributed by atoms with E-state index in [4.69, 9.17) is 13.9 Å². The first-order valence-corrected chi connectivity index (χ1v) is 9.29. The van der Waals surface area contributed by atoms with Crippen LogP contribution in [0.15, 0.2) is 46.0 Å². The molecule has 0 fully saturated rings. The van der Waals surface area contributed by atoms with Gasteiger partial charge in [-0.05, 0) is 37.6 Å². The van der Waals surface area contributed by atoms with E-state index in [1.54, 1.807) is 26.4 Å². The van der Waals surface area contributed by atoms with Gasteiger partial charge in [0.25, 0.3) is 5.22 Å². The number of methoxy groups -OCH3 is 2. The van der Waals surface area contributed by atoms with Crippen molar-refractivity contribution in [2.75, 3.05) is 20.0 Å². The highest BCUT2D eigenvalue weighted by atomic mass is 32.2. The Bertz CT molecular complexity index is 968. The van der Waals surface area contributed by atoms with Gasteiger partial charge in [-0.2, -0.15) is 0 Å². The van der Waals surface area contributed by atoms with Crippen LogP contribution in [0.1, 0.15) is 21.5 Å². The average molecular weight is 384 g/mol. The highest BCUT2D eigenvalue weighted by molar-refractivity contribution is 7.99. The number of aromatic nitrogens is 2. The maximum atomic E-state index is 12.4. The van der Waals surface area contributed by atoms with Crippen LogP contribution in [0, 0.1) is 13.8 Å². The molecule has 0 N–H and O–H groups in total. The summed E-state index contributed by atoms with van der Waals surface area (Å²) in [5.41, 5.74) is 3.53. The van der Waals surface area contributed by atoms with Crippen molar-refractivity contribution in [2.45, 2.75) is 19.1 Å². The zero-order valence-corrected chi connectivity index (χ0v) is 16.4. The summed E-state index contributed by atoms with van der Waals surface area (Å²) in [7, 11) is 3.14. The number of rotatable bonds is 7. The van der Waals surface area contributed by atoms with Crippen molar-refractivity contribution in [1.82, 2.24) is 10.2 Å². The Kier molecular flexibility index (Phi) is 5.81. The highest BCUT2D eigenvalue weighted by Crippen LogP contribution is 2.32. The second-order valence-electron chi connectivity index (χ2n) is 5.97. The van der Waals surface area contributed by atoms with E-state index < -0.39 is 0 Å². The third-order valence-corrected chi connectivity index (χ3v) is 4.86. The number of nitrogens with zero attached hydrogens (tertiary/aromatic N) is 2. The molecular weight excluding hydrogens is 364 g/mol. The Morgan fingerprint density at radius 1 is 1.04 bits per heavy atom. The summed E-state index contributed by atoms with van der Waals surface area (Å²) < 4.78 is 16.2. The first-order chi connectivity index (χ1) is 13.0. The van der Waals surface area contributed by atoms with E-state index in [0.29, 0.717) is 33.7 Å². The average Bonchev–Trinajstić information content (AvgIpc) is 3.14. The lowest BCUT2D eigenvalue weighted by Gasteiger charge is -2.07. The summed E-state index contributed by atoms with van der Waals surface area (Å²) in [5, 5.41) is 8.41.